The molecule has 1 aromatic heterocycles. The van der Waals surface area contributed by atoms with E-state index in [0.717, 1.165) is 12.8 Å². The van der Waals surface area contributed by atoms with Gasteiger partial charge in [-0.2, -0.15) is 5.26 Å². The van der Waals surface area contributed by atoms with Gasteiger partial charge in [-0.25, -0.2) is 9.97 Å². The molecule has 4 rings (SSSR count). The summed E-state index contributed by atoms with van der Waals surface area (Å²) in [5.74, 6) is 0.526. The lowest BCUT2D eigenvalue weighted by molar-refractivity contribution is 0.0873. The van der Waals surface area contributed by atoms with Gasteiger partial charge in [0.1, 0.15) is 29.5 Å². The molecule has 0 atom stereocenters. The van der Waals surface area contributed by atoms with Crippen molar-refractivity contribution < 1.29 is 9.53 Å². The van der Waals surface area contributed by atoms with Crippen LogP contribution in [0.2, 0.25) is 5.02 Å². The Morgan fingerprint density at radius 1 is 1.11 bits per heavy atom. The number of nitrogens with zero attached hydrogens (tertiary/aromatic N) is 3. The van der Waals surface area contributed by atoms with E-state index in [0.29, 0.717) is 33.8 Å². The Bertz CT molecular complexity index is 1270. The molecule has 0 spiro atoms. The number of amides is 1. The number of carbonyl (C=O) groups excluding carboxylic acids is 1. The molecule has 0 aliphatic carbocycles. The highest BCUT2D eigenvalue weighted by atomic mass is 35.5. The van der Waals surface area contributed by atoms with Crippen LogP contribution in [0.15, 0.2) is 55.1 Å². The summed E-state index contributed by atoms with van der Waals surface area (Å²) in [7, 11) is 0. The van der Waals surface area contributed by atoms with Crippen LogP contribution < -0.4 is 15.4 Å². The molecule has 180 valence electrons. The predicted octanol–water partition coefficient (Wildman–Crippen LogP) is 5.50. The van der Waals surface area contributed by atoms with Crippen molar-refractivity contribution in [3.05, 3.63) is 71.3 Å². The van der Waals surface area contributed by atoms with E-state index in [2.05, 4.69) is 54.4 Å². The average Bonchev–Trinajstić information content (AvgIpc) is 2.78. The number of carbonyl (C=O) groups is 1. The van der Waals surface area contributed by atoms with Crippen molar-refractivity contribution >= 4 is 17.5 Å². The van der Waals surface area contributed by atoms with E-state index in [1.165, 1.54) is 6.33 Å². The molecule has 7 nitrogen and oxygen atoms in total. The molecule has 35 heavy (non-hydrogen) atoms. The van der Waals surface area contributed by atoms with Crippen LogP contribution in [-0.4, -0.2) is 33.0 Å². The minimum Gasteiger partial charge on any atom is -0.454 e. The number of hydrogen-bond donors (Lipinski definition) is 2. The van der Waals surface area contributed by atoms with E-state index >= 15 is 0 Å². The van der Waals surface area contributed by atoms with Gasteiger partial charge in [0.2, 0.25) is 0 Å². The number of aromatic nitrogens is 2. The van der Waals surface area contributed by atoms with Crippen LogP contribution in [0.5, 0.6) is 11.5 Å². The maximum absolute atomic E-state index is 13.0. The highest BCUT2D eigenvalue weighted by Crippen LogP contribution is 2.36. The summed E-state index contributed by atoms with van der Waals surface area (Å²) in [6, 6.07) is 12.4. The van der Waals surface area contributed by atoms with Crippen LogP contribution in [0.25, 0.3) is 11.1 Å². The quantitative estimate of drug-likeness (QED) is 0.490. The van der Waals surface area contributed by atoms with Crippen molar-refractivity contribution in [2.24, 2.45) is 0 Å². The van der Waals surface area contributed by atoms with E-state index in [1.807, 2.05) is 6.07 Å². The zero-order chi connectivity index (χ0) is 25.2. The van der Waals surface area contributed by atoms with Gasteiger partial charge in [-0.05, 0) is 64.8 Å². The Hall–Kier alpha value is -3.47. The SMILES string of the molecule is CC1(C)CC(NC(=O)c2ccc(Oc3cccc(-c4cncnc4)c3C#N)c(Cl)c2)CC(C)(C)N1. The Balaban J connectivity index is 1.53. The van der Waals surface area contributed by atoms with Gasteiger partial charge < -0.3 is 15.4 Å². The minimum atomic E-state index is -0.180. The first kappa shape index (κ1) is 24.6. The molecule has 1 aliphatic heterocycles. The van der Waals surface area contributed by atoms with Gasteiger partial charge in [0, 0.05) is 46.2 Å². The van der Waals surface area contributed by atoms with Crippen molar-refractivity contribution in [2.75, 3.05) is 0 Å². The molecule has 2 aromatic carbocycles. The minimum absolute atomic E-state index is 0.0475. The topological polar surface area (TPSA) is 99.9 Å². The molecule has 0 unspecified atom stereocenters. The first-order valence-corrected chi connectivity index (χ1v) is 11.8. The Morgan fingerprint density at radius 3 is 2.43 bits per heavy atom. The molecule has 0 saturated carbocycles. The second-order valence-corrected chi connectivity index (χ2v) is 10.5. The van der Waals surface area contributed by atoms with Gasteiger partial charge in [-0.3, -0.25) is 4.79 Å². The van der Waals surface area contributed by atoms with Gasteiger partial charge in [-0.1, -0.05) is 23.7 Å². The van der Waals surface area contributed by atoms with Crippen molar-refractivity contribution in [2.45, 2.75) is 57.7 Å². The van der Waals surface area contributed by atoms with E-state index < -0.39 is 0 Å². The maximum atomic E-state index is 13.0. The fourth-order valence-corrected chi connectivity index (χ4v) is 5.17. The average molecular weight is 490 g/mol. The third kappa shape index (κ3) is 5.79. The number of hydrogen-bond acceptors (Lipinski definition) is 6. The molecule has 0 radical (unpaired) electrons. The monoisotopic (exact) mass is 489 g/mol. The summed E-state index contributed by atoms with van der Waals surface area (Å²) in [5.41, 5.74) is 2.01. The smallest absolute Gasteiger partial charge is 0.251 e. The Morgan fingerprint density at radius 2 is 1.80 bits per heavy atom. The normalized spacial score (nSPS) is 16.8. The number of halogens is 1. The molecule has 1 amide bonds. The third-order valence-corrected chi connectivity index (χ3v) is 6.24. The van der Waals surface area contributed by atoms with E-state index in [4.69, 9.17) is 16.3 Å². The van der Waals surface area contributed by atoms with Crippen LogP contribution in [-0.2, 0) is 0 Å². The van der Waals surface area contributed by atoms with Crippen molar-refractivity contribution in [1.82, 2.24) is 20.6 Å². The summed E-state index contributed by atoms with van der Waals surface area (Å²) in [5, 5.41) is 16.8. The maximum Gasteiger partial charge on any atom is 0.251 e. The number of piperidine rings is 1. The van der Waals surface area contributed by atoms with Crippen molar-refractivity contribution in [1.29, 1.82) is 5.26 Å². The molecular weight excluding hydrogens is 462 g/mol. The second-order valence-electron chi connectivity index (χ2n) is 10.1. The summed E-state index contributed by atoms with van der Waals surface area (Å²) in [6.07, 6.45) is 6.36. The lowest BCUT2D eigenvalue weighted by Gasteiger charge is -2.46. The van der Waals surface area contributed by atoms with Crippen LogP contribution in [0.4, 0.5) is 0 Å². The molecule has 1 fully saturated rings. The number of nitriles is 1. The van der Waals surface area contributed by atoms with Gasteiger partial charge in [0.25, 0.3) is 5.91 Å². The zero-order valence-electron chi connectivity index (χ0n) is 20.2. The number of rotatable bonds is 5. The van der Waals surface area contributed by atoms with Crippen molar-refractivity contribution in [3.8, 4) is 28.7 Å². The van der Waals surface area contributed by atoms with E-state index in [9.17, 15) is 10.1 Å². The molecule has 0 bridgehead atoms. The Labute approximate surface area is 210 Å². The van der Waals surface area contributed by atoms with Crippen LogP contribution >= 0.6 is 11.6 Å². The molecule has 1 saturated heterocycles. The van der Waals surface area contributed by atoms with Gasteiger partial charge in [-0.15, -0.1) is 0 Å². The molecule has 2 heterocycles. The first-order chi connectivity index (χ1) is 16.6. The number of benzene rings is 2. The highest BCUT2D eigenvalue weighted by molar-refractivity contribution is 6.32. The highest BCUT2D eigenvalue weighted by Gasteiger charge is 2.38. The van der Waals surface area contributed by atoms with Crippen molar-refractivity contribution in [3.63, 3.8) is 0 Å². The van der Waals surface area contributed by atoms with Crippen LogP contribution in [0.1, 0.15) is 56.5 Å². The zero-order valence-corrected chi connectivity index (χ0v) is 21.0. The predicted molar refractivity (Wildman–Crippen MR) is 135 cm³/mol. The van der Waals surface area contributed by atoms with E-state index in [1.54, 1.807) is 42.7 Å². The molecular formula is C27H28ClN5O2. The summed E-state index contributed by atoms with van der Waals surface area (Å²) in [6.45, 7) is 8.58. The van der Waals surface area contributed by atoms with E-state index in [-0.39, 0.29) is 28.0 Å². The Kier molecular flexibility index (Phi) is 6.79. The summed E-state index contributed by atoms with van der Waals surface area (Å²) in [4.78, 5) is 21.0. The molecule has 8 heteroatoms. The second kappa shape index (κ2) is 9.65. The fourth-order valence-electron chi connectivity index (χ4n) is 4.95. The van der Waals surface area contributed by atoms with Crippen LogP contribution in [0.3, 0.4) is 0 Å². The lowest BCUT2D eigenvalue weighted by atomic mass is 9.79. The standard InChI is InChI=1S/C27H28ClN5O2/c1-26(2)11-19(12-27(3,4)33-26)32-25(34)17-8-9-24(22(28)10-17)35-23-7-5-6-20(21(23)13-29)18-14-30-16-31-15-18/h5-10,14-16,19,33H,11-12H2,1-4H3,(H,32,34). The largest absolute Gasteiger partial charge is 0.454 e. The van der Waals surface area contributed by atoms with Crippen LogP contribution in [0, 0.1) is 11.3 Å². The molecule has 1 aliphatic rings. The lowest BCUT2D eigenvalue weighted by Crippen LogP contribution is -2.62. The third-order valence-electron chi connectivity index (χ3n) is 5.95. The van der Waals surface area contributed by atoms with Gasteiger partial charge in [0.15, 0.2) is 0 Å². The first-order valence-electron chi connectivity index (χ1n) is 11.4. The summed E-state index contributed by atoms with van der Waals surface area (Å²) >= 11 is 6.49. The number of nitrogens with one attached hydrogen (secondary N) is 2. The number of ether oxygens (including phenoxy) is 1. The molecule has 3 aromatic rings. The van der Waals surface area contributed by atoms with Gasteiger partial charge in [0.05, 0.1) is 5.02 Å². The van der Waals surface area contributed by atoms with Gasteiger partial charge >= 0.3 is 0 Å². The molecule has 2 N–H and O–H groups in total. The fraction of sp³-hybridized carbons (Fsp3) is 0.333. The summed E-state index contributed by atoms with van der Waals surface area (Å²) < 4.78 is 6.00.